The van der Waals surface area contributed by atoms with Gasteiger partial charge in [-0.15, -0.1) is 0 Å². The first-order valence-electron chi connectivity index (χ1n) is 26.3. The number of aliphatic hydroxyl groups is 1. The van der Waals surface area contributed by atoms with Gasteiger partial charge in [0.05, 0.1) is 44.0 Å². The van der Waals surface area contributed by atoms with Gasteiger partial charge < -0.3 is 34.4 Å². The van der Waals surface area contributed by atoms with Gasteiger partial charge in [0, 0.05) is 50.7 Å². The van der Waals surface area contributed by atoms with Gasteiger partial charge in [0.15, 0.2) is 0 Å². The maximum atomic E-state index is 17.0. The number of aliphatic hydroxyl groups excluding tert-OH is 1. The molecule has 78 heavy (non-hydrogen) atoms. The first-order valence-corrected chi connectivity index (χ1v) is 26.3. The second-order valence-electron chi connectivity index (χ2n) is 20.3. The summed E-state index contributed by atoms with van der Waals surface area (Å²) < 4.78 is 17.7. The van der Waals surface area contributed by atoms with E-state index in [0.29, 0.717) is 54.6 Å². The molecule has 1 spiro atoms. The summed E-state index contributed by atoms with van der Waals surface area (Å²) in [6.07, 6.45) is 2.37. The summed E-state index contributed by atoms with van der Waals surface area (Å²) in [5.41, 5.74) is 1.92. The van der Waals surface area contributed by atoms with Gasteiger partial charge in [-0.3, -0.25) is 24.2 Å². The lowest BCUT2D eigenvalue weighted by molar-refractivity contribution is -0.179. The summed E-state index contributed by atoms with van der Waals surface area (Å²) >= 11 is 0. The standard InChI is InChI=1S/C61H62N8O9/c1-40(2)50(56(72)76-4)64-60(75)68-48-28-23-41(18-14-31-65(3)39-42-16-8-5-9-17-42)38-47(48)61(58(68)74)49(55(71)66-32-34-67(35-33-66)59-62-29-15-30-63-59)52-57(73)78-53(44-21-12-7-13-22-44)51(43-19-10-6-11-20-43)69(52)54(61)45-24-26-46(27-25-45)77-37-36-70/h5-13,15-17,19-30,38,40,49-54,70H,31-37,39H2,1-4H3,(H,64,75)/t49-,50+,51-,52-,53+,54+,61-/m1/s1. The maximum absolute atomic E-state index is 17.0. The van der Waals surface area contributed by atoms with Crippen molar-refractivity contribution in [2.24, 2.45) is 11.8 Å². The average Bonchev–Trinajstić information content (AvgIpc) is 2.59. The summed E-state index contributed by atoms with van der Waals surface area (Å²) in [5.74, 6) is 2.85. The molecule has 5 heterocycles. The topological polar surface area (TPSA) is 187 Å². The first-order chi connectivity index (χ1) is 37.9. The van der Waals surface area contributed by atoms with Crippen LogP contribution in [0.5, 0.6) is 5.75 Å². The number of morpholine rings is 1. The van der Waals surface area contributed by atoms with E-state index in [-0.39, 0.29) is 37.6 Å². The lowest BCUT2D eigenvalue weighted by Crippen LogP contribution is -2.60. The van der Waals surface area contributed by atoms with Crippen LogP contribution in [0.15, 0.2) is 152 Å². The Bertz CT molecular complexity index is 3190. The maximum Gasteiger partial charge on any atom is 0.329 e. The molecule has 10 rings (SSSR count). The Morgan fingerprint density at radius 3 is 2.12 bits per heavy atom. The van der Waals surface area contributed by atoms with E-state index in [1.165, 1.54) is 7.11 Å². The molecule has 2 N–H and O–H groups in total. The van der Waals surface area contributed by atoms with Crippen molar-refractivity contribution in [1.29, 1.82) is 0 Å². The number of esters is 2. The van der Waals surface area contributed by atoms with Gasteiger partial charge in [-0.05, 0) is 77.2 Å². The molecule has 0 bridgehead atoms. The Morgan fingerprint density at radius 2 is 1.47 bits per heavy atom. The molecule has 3 saturated heterocycles. The number of piperazine rings is 1. The number of urea groups is 1. The molecule has 0 radical (unpaired) electrons. The number of hydrogen-bond acceptors (Lipinski definition) is 14. The molecule has 17 nitrogen and oxygen atoms in total. The number of anilines is 2. The monoisotopic (exact) mass is 1050 g/mol. The fourth-order valence-corrected chi connectivity index (χ4v) is 11.7. The van der Waals surface area contributed by atoms with Gasteiger partial charge in [-0.1, -0.05) is 129 Å². The fourth-order valence-electron chi connectivity index (χ4n) is 11.7. The van der Waals surface area contributed by atoms with Crippen molar-refractivity contribution in [3.05, 3.63) is 185 Å². The zero-order valence-corrected chi connectivity index (χ0v) is 44.0. The van der Waals surface area contributed by atoms with E-state index >= 15 is 19.2 Å². The number of nitrogens with one attached hydrogen (secondary N) is 1. The molecule has 0 aliphatic carbocycles. The highest BCUT2D eigenvalue weighted by atomic mass is 16.6. The van der Waals surface area contributed by atoms with Crippen LogP contribution in [-0.4, -0.2) is 132 Å². The lowest BCUT2D eigenvalue weighted by atomic mass is 9.64. The van der Waals surface area contributed by atoms with Gasteiger partial charge in [-0.25, -0.2) is 24.5 Å². The van der Waals surface area contributed by atoms with Crippen LogP contribution in [0.4, 0.5) is 16.4 Å². The van der Waals surface area contributed by atoms with E-state index in [4.69, 9.17) is 14.2 Å². The Morgan fingerprint density at radius 1 is 0.821 bits per heavy atom. The molecule has 5 aromatic carbocycles. The summed E-state index contributed by atoms with van der Waals surface area (Å²) in [6, 6.07) is 37.4. The third kappa shape index (κ3) is 10.1. The van der Waals surface area contributed by atoms with E-state index in [9.17, 15) is 9.90 Å². The Hall–Kier alpha value is -8.43. The van der Waals surface area contributed by atoms with Gasteiger partial charge in [0.25, 0.3) is 0 Å². The highest BCUT2D eigenvalue weighted by Crippen LogP contribution is 2.66. The summed E-state index contributed by atoms with van der Waals surface area (Å²) in [7, 11) is 3.20. The quantitative estimate of drug-likeness (QED) is 0.0921. The van der Waals surface area contributed by atoms with Gasteiger partial charge in [0.1, 0.15) is 36.0 Å². The molecule has 0 saturated carbocycles. The van der Waals surface area contributed by atoms with E-state index in [2.05, 4.69) is 32.0 Å². The number of imide groups is 1. The molecular formula is C61H62N8O9. The van der Waals surface area contributed by atoms with Crippen LogP contribution in [0.1, 0.15) is 65.4 Å². The minimum Gasteiger partial charge on any atom is -0.491 e. The third-order valence-corrected chi connectivity index (χ3v) is 15.2. The number of cyclic esters (lactones) is 1. The highest BCUT2D eigenvalue weighted by Gasteiger charge is 2.76. The zero-order chi connectivity index (χ0) is 54.5. The predicted molar refractivity (Wildman–Crippen MR) is 291 cm³/mol. The minimum absolute atomic E-state index is 0.0204. The number of carbonyl (C=O) groups is 5. The van der Waals surface area contributed by atoms with Gasteiger partial charge in [-0.2, -0.15) is 0 Å². The second kappa shape index (κ2) is 23.0. The van der Waals surface area contributed by atoms with Crippen LogP contribution in [-0.2, 0) is 40.6 Å². The van der Waals surface area contributed by atoms with Crippen molar-refractivity contribution in [2.45, 2.75) is 56.1 Å². The number of nitrogens with zero attached hydrogens (tertiary/aromatic N) is 7. The normalized spacial score (nSPS) is 22.1. The van der Waals surface area contributed by atoms with E-state index in [0.717, 1.165) is 16.0 Å². The molecule has 400 valence electrons. The molecule has 17 heteroatoms. The molecule has 4 aliphatic rings. The number of hydrogen-bond donors (Lipinski definition) is 2. The second-order valence-corrected chi connectivity index (χ2v) is 20.3. The van der Waals surface area contributed by atoms with E-state index < -0.39 is 77.3 Å². The number of aromatic nitrogens is 2. The van der Waals surface area contributed by atoms with Crippen molar-refractivity contribution >= 4 is 41.4 Å². The van der Waals surface area contributed by atoms with Crippen LogP contribution in [0.2, 0.25) is 0 Å². The van der Waals surface area contributed by atoms with Crippen molar-refractivity contribution in [3.8, 4) is 17.6 Å². The SMILES string of the molecule is COC(=O)[C@@H](NC(=O)N1C(=O)[C@@]2(c3cc(C#CCN(C)Cc4ccccc4)ccc31)[C@H](c1ccc(OCCO)cc1)N1[C@H](c3ccccc3)[C@H](c3ccccc3)OC(=O)[C@H]1[C@@H]2C(=O)N1CCN(c2ncccn2)CC1)C(C)C. The third-order valence-electron chi connectivity index (χ3n) is 15.2. The molecule has 3 fully saturated rings. The first kappa shape index (κ1) is 53.0. The van der Waals surface area contributed by atoms with Crippen molar-refractivity contribution in [3.63, 3.8) is 0 Å². The van der Waals surface area contributed by atoms with Crippen molar-refractivity contribution < 1.29 is 43.3 Å². The highest BCUT2D eigenvalue weighted by molar-refractivity contribution is 6.25. The van der Waals surface area contributed by atoms with Crippen LogP contribution in [0.25, 0.3) is 0 Å². The van der Waals surface area contributed by atoms with Crippen LogP contribution >= 0.6 is 0 Å². The molecule has 4 amide bonds. The van der Waals surface area contributed by atoms with Gasteiger partial charge >= 0.3 is 18.0 Å². The number of ether oxygens (including phenoxy) is 3. The molecule has 4 aliphatic heterocycles. The molecule has 6 aromatic rings. The van der Waals surface area contributed by atoms with Crippen LogP contribution in [0.3, 0.4) is 0 Å². The predicted octanol–water partition coefficient (Wildman–Crippen LogP) is 6.25. The fraction of sp³-hybridized carbons (Fsp3) is 0.328. The minimum atomic E-state index is -2.08. The number of methoxy groups -OCH3 is 1. The molecule has 7 atom stereocenters. The molecule has 0 unspecified atom stereocenters. The summed E-state index contributed by atoms with van der Waals surface area (Å²) in [5, 5.41) is 12.5. The Labute approximate surface area is 453 Å². The number of rotatable bonds is 14. The van der Waals surface area contributed by atoms with E-state index in [1.807, 2.05) is 108 Å². The smallest absolute Gasteiger partial charge is 0.329 e. The van der Waals surface area contributed by atoms with Crippen LogP contribution < -0.4 is 19.9 Å². The van der Waals surface area contributed by atoms with Crippen molar-refractivity contribution in [1.82, 2.24) is 30.0 Å². The molecule has 1 aromatic heterocycles. The Balaban J connectivity index is 1.21. The van der Waals surface area contributed by atoms with Gasteiger partial charge in [0.2, 0.25) is 17.8 Å². The average molecular weight is 1050 g/mol. The number of benzene rings is 5. The van der Waals surface area contributed by atoms with Crippen LogP contribution in [0, 0.1) is 23.7 Å². The van der Waals surface area contributed by atoms with E-state index in [1.54, 1.807) is 79.7 Å². The number of fused-ring (bicyclic) bond motifs is 3. The zero-order valence-electron chi connectivity index (χ0n) is 44.0. The number of amides is 4. The Kier molecular flexibility index (Phi) is 15.7. The summed E-state index contributed by atoms with van der Waals surface area (Å²) in [4.78, 5) is 95.5. The number of carbonyl (C=O) groups excluding carboxylic acids is 5. The lowest BCUT2D eigenvalue weighted by Gasteiger charge is -2.46. The summed E-state index contributed by atoms with van der Waals surface area (Å²) in [6.45, 7) is 5.38. The van der Waals surface area contributed by atoms with Crippen molar-refractivity contribution in [2.75, 3.05) is 69.9 Å². The molecular weight excluding hydrogens is 989 g/mol. The largest absolute Gasteiger partial charge is 0.491 e.